The fourth-order valence-electron chi connectivity index (χ4n) is 3.55. The molecule has 1 heterocycles. The second-order valence-electron chi connectivity index (χ2n) is 7.33. The zero-order valence-corrected chi connectivity index (χ0v) is 16.7. The summed E-state index contributed by atoms with van der Waals surface area (Å²) >= 11 is 0. The summed E-state index contributed by atoms with van der Waals surface area (Å²) in [5.41, 5.74) is 2.07. The van der Waals surface area contributed by atoms with E-state index in [0.717, 1.165) is 5.56 Å². The van der Waals surface area contributed by atoms with Gasteiger partial charge in [0.05, 0.1) is 22.8 Å². The van der Waals surface area contributed by atoms with Gasteiger partial charge < -0.3 is 10.2 Å². The van der Waals surface area contributed by atoms with Crippen LogP contribution in [0.3, 0.4) is 0 Å². The summed E-state index contributed by atoms with van der Waals surface area (Å²) in [6, 6.07) is 13.2. The molecular formula is C21H24N4O4. The van der Waals surface area contributed by atoms with Crippen LogP contribution in [0.5, 0.6) is 0 Å². The Bertz CT molecular complexity index is 946. The molecule has 0 unspecified atom stereocenters. The average molecular weight is 396 g/mol. The molecule has 29 heavy (non-hydrogen) atoms. The molecule has 2 aromatic rings. The van der Waals surface area contributed by atoms with E-state index < -0.39 is 4.92 Å². The van der Waals surface area contributed by atoms with Crippen LogP contribution in [-0.2, 0) is 9.59 Å². The zero-order valence-electron chi connectivity index (χ0n) is 16.7. The highest BCUT2D eigenvalue weighted by molar-refractivity contribution is 6.04. The van der Waals surface area contributed by atoms with E-state index in [1.807, 2.05) is 43.0 Å². The summed E-state index contributed by atoms with van der Waals surface area (Å²) < 4.78 is 0. The number of benzene rings is 2. The predicted molar refractivity (Wildman–Crippen MR) is 111 cm³/mol. The summed E-state index contributed by atoms with van der Waals surface area (Å²) in [6.45, 7) is 3.86. The van der Waals surface area contributed by atoms with Crippen molar-refractivity contribution in [2.24, 2.45) is 0 Å². The molecule has 0 fully saturated rings. The van der Waals surface area contributed by atoms with Crippen molar-refractivity contribution in [1.82, 2.24) is 4.90 Å². The van der Waals surface area contributed by atoms with Crippen LogP contribution in [-0.4, -0.2) is 41.3 Å². The summed E-state index contributed by atoms with van der Waals surface area (Å²) in [5, 5.41) is 13.9. The first-order chi connectivity index (χ1) is 13.8. The molecule has 1 aliphatic rings. The number of para-hydroxylation sites is 2. The third-order valence-corrected chi connectivity index (χ3v) is 5.24. The van der Waals surface area contributed by atoms with Crippen LogP contribution in [0.1, 0.15) is 31.9 Å². The third kappa shape index (κ3) is 4.43. The topological polar surface area (TPSA) is 95.8 Å². The van der Waals surface area contributed by atoms with E-state index >= 15 is 0 Å². The van der Waals surface area contributed by atoms with Crippen LogP contribution in [0.2, 0.25) is 0 Å². The van der Waals surface area contributed by atoms with Gasteiger partial charge >= 0.3 is 0 Å². The summed E-state index contributed by atoms with van der Waals surface area (Å²) in [4.78, 5) is 39.4. The first-order valence-electron chi connectivity index (χ1n) is 9.43. The minimum absolute atomic E-state index is 0.0220. The van der Waals surface area contributed by atoms with Crippen LogP contribution in [0, 0.1) is 10.1 Å². The number of fused-ring (bicyclic) bond motifs is 1. The van der Waals surface area contributed by atoms with E-state index in [4.69, 9.17) is 0 Å². The van der Waals surface area contributed by atoms with Crippen LogP contribution < -0.4 is 10.2 Å². The van der Waals surface area contributed by atoms with Crippen molar-refractivity contribution in [2.45, 2.75) is 32.4 Å². The lowest BCUT2D eigenvalue weighted by molar-refractivity contribution is -0.384. The number of amides is 2. The molecule has 0 bridgehead atoms. The standard InChI is InChI=1S/C21H24N4O4/c1-14-11-20(26)22-18-9-4-5-10-19(18)24(14)21(27)13-23(3)15(2)16-7-6-8-17(12-16)25(28)29/h4-10,12,14-15H,11,13H2,1-3H3,(H,22,26)/t14-,15+/m0/s1. The quantitative estimate of drug-likeness (QED) is 0.618. The number of likely N-dealkylation sites (N-methyl/N-ethyl adjacent to an activating group) is 1. The summed E-state index contributed by atoms with van der Waals surface area (Å²) in [7, 11) is 1.80. The van der Waals surface area contributed by atoms with Crippen molar-refractivity contribution in [3.05, 3.63) is 64.2 Å². The molecule has 0 saturated carbocycles. The molecule has 0 aromatic heterocycles. The number of hydrogen-bond acceptors (Lipinski definition) is 5. The SMILES string of the molecule is C[C@H](c1cccc([N+](=O)[O-])c1)N(C)CC(=O)N1c2ccccc2NC(=O)C[C@@H]1C. The molecule has 8 heteroatoms. The predicted octanol–water partition coefficient (Wildman–Crippen LogP) is 3.35. The highest BCUT2D eigenvalue weighted by Crippen LogP contribution is 2.32. The fourth-order valence-corrected chi connectivity index (χ4v) is 3.55. The van der Waals surface area contributed by atoms with Gasteiger partial charge in [0.15, 0.2) is 0 Å². The Balaban J connectivity index is 1.81. The maximum Gasteiger partial charge on any atom is 0.269 e. The van der Waals surface area contributed by atoms with E-state index in [1.165, 1.54) is 12.1 Å². The molecule has 0 aliphatic carbocycles. The van der Waals surface area contributed by atoms with Gasteiger partial charge in [-0.15, -0.1) is 0 Å². The summed E-state index contributed by atoms with van der Waals surface area (Å²) in [5.74, 6) is -0.264. The smallest absolute Gasteiger partial charge is 0.269 e. The number of nitrogens with one attached hydrogen (secondary N) is 1. The number of carbonyl (C=O) groups is 2. The van der Waals surface area contributed by atoms with E-state index in [0.29, 0.717) is 11.4 Å². The molecule has 0 saturated heterocycles. The van der Waals surface area contributed by atoms with Gasteiger partial charge in [-0.25, -0.2) is 0 Å². The van der Waals surface area contributed by atoms with Gasteiger partial charge in [0.2, 0.25) is 11.8 Å². The number of nitrogens with zero attached hydrogens (tertiary/aromatic N) is 3. The number of nitro benzene ring substituents is 1. The molecule has 2 amide bonds. The van der Waals surface area contributed by atoms with Gasteiger partial charge in [0, 0.05) is 30.6 Å². The Morgan fingerprint density at radius 3 is 2.76 bits per heavy atom. The Morgan fingerprint density at radius 2 is 2.03 bits per heavy atom. The molecule has 1 N–H and O–H groups in total. The second-order valence-corrected chi connectivity index (χ2v) is 7.33. The minimum Gasteiger partial charge on any atom is -0.324 e. The lowest BCUT2D eigenvalue weighted by Crippen LogP contribution is -2.44. The van der Waals surface area contributed by atoms with Crippen molar-refractivity contribution in [2.75, 3.05) is 23.8 Å². The minimum atomic E-state index is -0.429. The molecular weight excluding hydrogens is 372 g/mol. The second kappa shape index (κ2) is 8.40. The first kappa shape index (κ1) is 20.5. The molecule has 2 aromatic carbocycles. The van der Waals surface area contributed by atoms with Crippen molar-refractivity contribution in [3.8, 4) is 0 Å². The lowest BCUT2D eigenvalue weighted by atomic mass is 10.1. The van der Waals surface area contributed by atoms with E-state index in [2.05, 4.69) is 5.32 Å². The van der Waals surface area contributed by atoms with Gasteiger partial charge in [-0.05, 0) is 38.6 Å². The van der Waals surface area contributed by atoms with Gasteiger partial charge in [-0.2, -0.15) is 0 Å². The number of non-ortho nitro benzene ring substituents is 1. The number of carbonyl (C=O) groups excluding carboxylic acids is 2. The first-order valence-corrected chi connectivity index (χ1v) is 9.43. The maximum atomic E-state index is 13.2. The van der Waals surface area contributed by atoms with E-state index in [1.54, 1.807) is 24.1 Å². The van der Waals surface area contributed by atoms with Crippen molar-refractivity contribution >= 4 is 28.9 Å². The summed E-state index contributed by atoms with van der Waals surface area (Å²) in [6.07, 6.45) is 0.213. The zero-order chi connectivity index (χ0) is 21.1. The molecule has 1 aliphatic heterocycles. The lowest BCUT2D eigenvalue weighted by Gasteiger charge is -2.31. The average Bonchev–Trinajstić information content (AvgIpc) is 2.81. The van der Waals surface area contributed by atoms with Gasteiger partial charge in [-0.1, -0.05) is 24.3 Å². The fraction of sp³-hybridized carbons (Fsp3) is 0.333. The number of hydrogen-bond donors (Lipinski definition) is 1. The van der Waals surface area contributed by atoms with E-state index in [9.17, 15) is 19.7 Å². The van der Waals surface area contributed by atoms with Crippen molar-refractivity contribution < 1.29 is 14.5 Å². The van der Waals surface area contributed by atoms with E-state index in [-0.39, 0.29) is 42.6 Å². The third-order valence-electron chi connectivity index (χ3n) is 5.24. The Labute approximate surface area is 169 Å². The van der Waals surface area contributed by atoms with Crippen molar-refractivity contribution in [3.63, 3.8) is 0 Å². The van der Waals surface area contributed by atoms with Crippen LogP contribution >= 0.6 is 0 Å². The van der Waals surface area contributed by atoms with Gasteiger partial charge in [0.1, 0.15) is 0 Å². The molecule has 3 rings (SSSR count). The molecule has 152 valence electrons. The molecule has 0 spiro atoms. The maximum absolute atomic E-state index is 13.2. The van der Waals surface area contributed by atoms with Crippen LogP contribution in [0.25, 0.3) is 0 Å². The van der Waals surface area contributed by atoms with Crippen LogP contribution in [0.4, 0.5) is 17.1 Å². The highest BCUT2D eigenvalue weighted by atomic mass is 16.6. The Kier molecular flexibility index (Phi) is 5.93. The van der Waals surface area contributed by atoms with Gasteiger partial charge in [-0.3, -0.25) is 24.6 Å². The van der Waals surface area contributed by atoms with Crippen molar-refractivity contribution in [1.29, 1.82) is 0 Å². The monoisotopic (exact) mass is 396 g/mol. The molecule has 2 atom stereocenters. The molecule has 0 radical (unpaired) electrons. The number of rotatable bonds is 5. The number of anilines is 2. The Hall–Kier alpha value is -3.26. The number of nitro groups is 1. The highest BCUT2D eigenvalue weighted by Gasteiger charge is 2.30. The largest absolute Gasteiger partial charge is 0.324 e. The molecule has 8 nitrogen and oxygen atoms in total. The Morgan fingerprint density at radius 1 is 1.31 bits per heavy atom. The van der Waals surface area contributed by atoms with Gasteiger partial charge in [0.25, 0.3) is 5.69 Å². The normalized spacial score (nSPS) is 17.3. The van der Waals surface area contributed by atoms with Crippen LogP contribution in [0.15, 0.2) is 48.5 Å².